The van der Waals surface area contributed by atoms with E-state index in [1.807, 2.05) is 37.3 Å². The third-order valence-electron chi connectivity index (χ3n) is 3.15. The first kappa shape index (κ1) is 17.9. The highest BCUT2D eigenvalue weighted by atomic mass is 32.2. The van der Waals surface area contributed by atoms with E-state index in [2.05, 4.69) is 14.6 Å². The van der Waals surface area contributed by atoms with Crippen molar-refractivity contribution in [2.45, 2.75) is 23.3 Å². The van der Waals surface area contributed by atoms with Crippen LogP contribution in [-0.4, -0.2) is 42.5 Å². The van der Waals surface area contributed by atoms with Crippen molar-refractivity contribution < 1.29 is 23.8 Å². The summed E-state index contributed by atoms with van der Waals surface area (Å²) in [6.07, 6.45) is 0. The van der Waals surface area contributed by atoms with Gasteiger partial charge < -0.3 is 14.2 Å². The molecule has 2 aromatic rings. The number of ether oxygens (including phenoxy) is 3. The second-order valence-electron chi connectivity index (χ2n) is 4.73. The molecule has 24 heavy (non-hydrogen) atoms. The van der Waals surface area contributed by atoms with Crippen LogP contribution >= 0.6 is 11.8 Å². The van der Waals surface area contributed by atoms with Crippen LogP contribution in [0.15, 0.2) is 40.1 Å². The molecule has 0 bridgehead atoms. The Balaban J connectivity index is 2.29. The summed E-state index contributed by atoms with van der Waals surface area (Å²) in [5.74, 6) is -0.655. The monoisotopic (exact) mass is 350 g/mol. The molecule has 0 aliphatic heterocycles. The maximum absolute atomic E-state index is 11.5. The molecule has 2 rings (SSSR count). The van der Waals surface area contributed by atoms with Crippen molar-refractivity contribution >= 4 is 23.7 Å². The van der Waals surface area contributed by atoms with Crippen molar-refractivity contribution in [3.8, 4) is 5.88 Å². The normalized spacial score (nSPS) is 10.3. The van der Waals surface area contributed by atoms with Gasteiger partial charge in [0.25, 0.3) is 0 Å². The van der Waals surface area contributed by atoms with E-state index in [0.717, 1.165) is 15.5 Å². The smallest absolute Gasteiger partial charge is 0.343 e. The molecule has 1 heterocycles. The van der Waals surface area contributed by atoms with E-state index in [1.54, 1.807) is 0 Å². The summed E-state index contributed by atoms with van der Waals surface area (Å²) in [7, 11) is 2.60. The molecule has 0 radical (unpaired) electrons. The Morgan fingerprint density at radius 3 is 2.42 bits per heavy atom. The van der Waals surface area contributed by atoms with Crippen LogP contribution in [0.5, 0.6) is 5.88 Å². The van der Waals surface area contributed by atoms with Crippen LogP contribution < -0.4 is 4.74 Å². The quantitative estimate of drug-likeness (QED) is 0.707. The second kappa shape index (κ2) is 8.39. The van der Waals surface area contributed by atoms with Gasteiger partial charge in [-0.05, 0) is 19.1 Å². The lowest BCUT2D eigenvalue weighted by molar-refractivity contribution is -0.143. The Labute approximate surface area is 143 Å². The number of hydrogen-bond donors (Lipinski definition) is 0. The van der Waals surface area contributed by atoms with E-state index < -0.39 is 11.9 Å². The van der Waals surface area contributed by atoms with Crippen molar-refractivity contribution in [2.24, 2.45) is 0 Å². The molecule has 0 amide bonds. The molecule has 0 spiro atoms. The summed E-state index contributed by atoms with van der Waals surface area (Å²) < 4.78 is 16.2. The zero-order valence-electron chi connectivity index (χ0n) is 13.6. The van der Waals surface area contributed by atoms with Crippen LogP contribution in [0.4, 0.5) is 0 Å². The molecule has 128 valence electrons. The summed E-state index contributed by atoms with van der Waals surface area (Å²) in [6, 6.07) is 9.67. The zero-order valence-corrected chi connectivity index (χ0v) is 14.5. The Bertz CT molecular complexity index is 715. The molecule has 8 heteroatoms. The SMILES string of the molecule is COC(=O)COc1nn(CC(=O)OC)c(C)c1Sc1ccccc1. The van der Waals surface area contributed by atoms with Crippen molar-refractivity contribution in [3.63, 3.8) is 0 Å². The lowest BCUT2D eigenvalue weighted by Gasteiger charge is -2.05. The van der Waals surface area contributed by atoms with Gasteiger partial charge in [-0.2, -0.15) is 0 Å². The first-order valence-electron chi connectivity index (χ1n) is 7.12. The lowest BCUT2D eigenvalue weighted by Crippen LogP contribution is -2.15. The molecule has 7 nitrogen and oxygen atoms in total. The number of hydrogen-bond acceptors (Lipinski definition) is 7. The fourth-order valence-electron chi connectivity index (χ4n) is 1.85. The average molecular weight is 350 g/mol. The highest BCUT2D eigenvalue weighted by Crippen LogP contribution is 2.37. The van der Waals surface area contributed by atoms with Gasteiger partial charge in [-0.1, -0.05) is 30.0 Å². The summed E-state index contributed by atoms with van der Waals surface area (Å²) in [4.78, 5) is 24.5. The van der Waals surface area contributed by atoms with Gasteiger partial charge in [0.15, 0.2) is 6.61 Å². The number of esters is 2. The number of rotatable bonds is 7. The third kappa shape index (κ3) is 4.51. The van der Waals surface area contributed by atoms with Crippen molar-refractivity contribution in [2.75, 3.05) is 20.8 Å². The Kier molecular flexibility index (Phi) is 6.25. The molecule has 0 unspecified atom stereocenters. The Morgan fingerprint density at radius 2 is 1.79 bits per heavy atom. The maximum Gasteiger partial charge on any atom is 0.343 e. The number of carbonyl (C=O) groups excluding carboxylic acids is 2. The van der Waals surface area contributed by atoms with E-state index in [1.165, 1.54) is 30.7 Å². The summed E-state index contributed by atoms with van der Waals surface area (Å²) in [5, 5.41) is 4.27. The Hall–Kier alpha value is -2.48. The molecule has 0 atom stereocenters. The molecular formula is C16H18N2O5S. The van der Waals surface area contributed by atoms with Crippen LogP contribution in [0.1, 0.15) is 5.69 Å². The summed E-state index contributed by atoms with van der Waals surface area (Å²) >= 11 is 1.44. The van der Waals surface area contributed by atoms with E-state index in [0.29, 0.717) is 0 Å². The summed E-state index contributed by atoms with van der Waals surface area (Å²) in [6.45, 7) is 1.53. The van der Waals surface area contributed by atoms with Gasteiger partial charge in [-0.25, -0.2) is 4.79 Å². The van der Waals surface area contributed by atoms with Gasteiger partial charge in [-0.15, -0.1) is 5.10 Å². The van der Waals surface area contributed by atoms with Crippen LogP contribution in [0.2, 0.25) is 0 Å². The largest absolute Gasteiger partial charge is 0.468 e. The van der Waals surface area contributed by atoms with Gasteiger partial charge in [0.1, 0.15) is 6.54 Å². The highest BCUT2D eigenvalue weighted by Gasteiger charge is 2.20. The molecule has 0 N–H and O–H groups in total. The predicted molar refractivity (Wildman–Crippen MR) is 87.1 cm³/mol. The van der Waals surface area contributed by atoms with E-state index in [4.69, 9.17) is 4.74 Å². The van der Waals surface area contributed by atoms with Crippen LogP contribution in [0, 0.1) is 6.92 Å². The summed E-state index contributed by atoms with van der Waals surface area (Å²) in [5.41, 5.74) is 0.745. The van der Waals surface area contributed by atoms with Gasteiger partial charge in [-0.3, -0.25) is 9.48 Å². The Morgan fingerprint density at radius 1 is 1.12 bits per heavy atom. The molecule has 0 fully saturated rings. The number of carbonyl (C=O) groups is 2. The number of aromatic nitrogens is 2. The standard InChI is InChI=1S/C16H18N2O5S/c1-11-15(24-12-7-5-4-6-8-12)16(23-10-14(20)22-3)17-18(11)9-13(19)21-2/h4-8H,9-10H2,1-3H3. The van der Waals surface area contributed by atoms with E-state index >= 15 is 0 Å². The second-order valence-corrected chi connectivity index (χ2v) is 5.82. The van der Waals surface area contributed by atoms with Crippen molar-refractivity contribution in [3.05, 3.63) is 36.0 Å². The molecule has 0 aliphatic carbocycles. The lowest BCUT2D eigenvalue weighted by atomic mass is 10.4. The molecule has 0 aliphatic rings. The first-order valence-corrected chi connectivity index (χ1v) is 7.93. The van der Waals surface area contributed by atoms with Gasteiger partial charge in [0.05, 0.1) is 24.8 Å². The number of methoxy groups -OCH3 is 2. The predicted octanol–water partition coefficient (Wildman–Crippen LogP) is 2.07. The molecule has 0 saturated carbocycles. The first-order chi connectivity index (χ1) is 11.5. The molecule has 1 aromatic carbocycles. The number of nitrogens with zero attached hydrogens (tertiary/aromatic N) is 2. The zero-order chi connectivity index (χ0) is 17.5. The fourth-order valence-corrected chi connectivity index (χ4v) is 2.82. The molecular weight excluding hydrogens is 332 g/mol. The molecule has 0 saturated heterocycles. The fraction of sp³-hybridized carbons (Fsp3) is 0.312. The van der Waals surface area contributed by atoms with Crippen LogP contribution in [-0.2, 0) is 25.6 Å². The topological polar surface area (TPSA) is 79.7 Å². The van der Waals surface area contributed by atoms with Gasteiger partial charge in [0, 0.05) is 4.90 Å². The van der Waals surface area contributed by atoms with E-state index in [9.17, 15) is 9.59 Å². The van der Waals surface area contributed by atoms with Crippen molar-refractivity contribution in [1.82, 2.24) is 9.78 Å². The minimum atomic E-state index is -0.508. The maximum atomic E-state index is 11.5. The minimum absolute atomic E-state index is 0.0354. The highest BCUT2D eigenvalue weighted by molar-refractivity contribution is 7.99. The number of benzene rings is 1. The van der Waals surface area contributed by atoms with Gasteiger partial charge >= 0.3 is 11.9 Å². The average Bonchev–Trinajstić information content (AvgIpc) is 2.89. The molecule has 1 aromatic heterocycles. The van der Waals surface area contributed by atoms with E-state index in [-0.39, 0.29) is 19.0 Å². The minimum Gasteiger partial charge on any atom is -0.468 e. The van der Waals surface area contributed by atoms with Crippen LogP contribution in [0.25, 0.3) is 0 Å². The van der Waals surface area contributed by atoms with Crippen molar-refractivity contribution in [1.29, 1.82) is 0 Å². The van der Waals surface area contributed by atoms with Gasteiger partial charge in [0.2, 0.25) is 5.88 Å². The third-order valence-corrected chi connectivity index (χ3v) is 4.33. The van der Waals surface area contributed by atoms with Crippen LogP contribution in [0.3, 0.4) is 0 Å².